The van der Waals surface area contributed by atoms with Gasteiger partial charge in [0, 0.05) is 51.6 Å². The smallest absolute Gasteiger partial charge is 0.251 e. The molecule has 2 atom stereocenters. The minimum absolute atomic E-state index is 0.00794. The Morgan fingerprint density at radius 2 is 1.94 bits per heavy atom. The van der Waals surface area contributed by atoms with Gasteiger partial charge in [-0.1, -0.05) is 43.7 Å². The minimum Gasteiger partial charge on any atom is -0.366 e. The molecule has 3 rings (SSSR count). The third-order valence-corrected chi connectivity index (χ3v) is 6.09. The third-order valence-electron chi connectivity index (χ3n) is 6.09. The lowest BCUT2D eigenvalue weighted by Gasteiger charge is -2.33. The standard InChI is InChI=1S/C26H37N3O3/c1-4-5-16-27-26(30)22-11-13-23(14-12-22)28(2)25(21-9-7-6-8-10-21)19-29-17-15-24(18-29)32-20-31-3/h6-14,24-25H,4-5,15-20H2,1-3H3,(H,27,30). The van der Waals surface area contributed by atoms with Crippen LogP contribution in [-0.2, 0) is 9.47 Å². The van der Waals surface area contributed by atoms with Crippen LogP contribution in [0, 0.1) is 0 Å². The average molecular weight is 440 g/mol. The number of methoxy groups -OCH3 is 1. The Balaban J connectivity index is 1.69. The van der Waals surface area contributed by atoms with Crippen LogP contribution in [0.1, 0.15) is 48.1 Å². The predicted molar refractivity (Wildman–Crippen MR) is 129 cm³/mol. The summed E-state index contributed by atoms with van der Waals surface area (Å²) in [7, 11) is 3.79. The Labute approximate surface area is 192 Å². The number of amides is 1. The first kappa shape index (κ1) is 24.2. The summed E-state index contributed by atoms with van der Waals surface area (Å²) in [5.74, 6) is -0.00794. The van der Waals surface area contributed by atoms with Gasteiger partial charge in [-0.3, -0.25) is 9.69 Å². The number of ether oxygens (including phenoxy) is 2. The van der Waals surface area contributed by atoms with Gasteiger partial charge in [-0.05, 0) is 42.7 Å². The van der Waals surface area contributed by atoms with Gasteiger partial charge in [0.1, 0.15) is 6.79 Å². The van der Waals surface area contributed by atoms with Gasteiger partial charge in [0.15, 0.2) is 0 Å². The van der Waals surface area contributed by atoms with Crippen molar-refractivity contribution in [2.75, 3.05) is 52.0 Å². The van der Waals surface area contributed by atoms with E-state index in [1.807, 2.05) is 24.3 Å². The Morgan fingerprint density at radius 1 is 1.19 bits per heavy atom. The molecule has 2 aromatic carbocycles. The molecule has 0 bridgehead atoms. The summed E-state index contributed by atoms with van der Waals surface area (Å²) in [5.41, 5.74) is 3.07. The summed E-state index contributed by atoms with van der Waals surface area (Å²) in [4.78, 5) is 17.1. The molecule has 2 unspecified atom stereocenters. The van der Waals surface area contributed by atoms with Crippen molar-refractivity contribution in [3.63, 3.8) is 0 Å². The molecule has 6 nitrogen and oxygen atoms in total. The highest BCUT2D eigenvalue weighted by Gasteiger charge is 2.27. The Bertz CT molecular complexity index is 813. The van der Waals surface area contributed by atoms with Crippen LogP contribution < -0.4 is 10.2 Å². The molecule has 1 aliphatic heterocycles. The van der Waals surface area contributed by atoms with Crippen LogP contribution in [0.4, 0.5) is 5.69 Å². The highest BCUT2D eigenvalue weighted by Crippen LogP contribution is 2.28. The van der Waals surface area contributed by atoms with E-state index in [0.29, 0.717) is 12.4 Å². The van der Waals surface area contributed by atoms with Gasteiger partial charge < -0.3 is 19.7 Å². The summed E-state index contributed by atoms with van der Waals surface area (Å²) >= 11 is 0. The van der Waals surface area contributed by atoms with Crippen molar-refractivity contribution in [2.45, 2.75) is 38.3 Å². The molecule has 1 N–H and O–H groups in total. The molecule has 0 radical (unpaired) electrons. The van der Waals surface area contributed by atoms with Gasteiger partial charge >= 0.3 is 0 Å². The molecule has 1 amide bonds. The summed E-state index contributed by atoms with van der Waals surface area (Å²) in [6, 6.07) is 18.7. The summed E-state index contributed by atoms with van der Waals surface area (Å²) in [6.07, 6.45) is 3.32. The van der Waals surface area contributed by atoms with Gasteiger partial charge in [-0.25, -0.2) is 0 Å². The highest BCUT2D eigenvalue weighted by molar-refractivity contribution is 5.94. The second-order valence-electron chi connectivity index (χ2n) is 8.44. The number of unbranched alkanes of at least 4 members (excludes halogenated alkanes) is 1. The first-order valence-corrected chi connectivity index (χ1v) is 11.6. The maximum Gasteiger partial charge on any atom is 0.251 e. The molecule has 0 aromatic heterocycles. The van der Waals surface area contributed by atoms with E-state index in [0.717, 1.165) is 51.1 Å². The number of benzene rings is 2. The SMILES string of the molecule is CCCCNC(=O)c1ccc(N(C)C(CN2CCC(OCOC)C2)c2ccccc2)cc1. The molecule has 2 aromatic rings. The number of carbonyl (C=O) groups excluding carboxylic acids is 1. The third kappa shape index (κ3) is 6.79. The molecule has 1 saturated heterocycles. The van der Waals surface area contributed by atoms with E-state index in [-0.39, 0.29) is 18.1 Å². The first-order chi connectivity index (χ1) is 15.6. The molecule has 1 fully saturated rings. The lowest BCUT2D eigenvalue weighted by Crippen LogP contribution is -2.36. The van der Waals surface area contributed by atoms with E-state index in [1.165, 1.54) is 5.56 Å². The maximum absolute atomic E-state index is 12.3. The van der Waals surface area contributed by atoms with Crippen LogP contribution in [0.25, 0.3) is 0 Å². The van der Waals surface area contributed by atoms with Crippen molar-refractivity contribution >= 4 is 11.6 Å². The van der Waals surface area contributed by atoms with Crippen molar-refractivity contribution in [2.24, 2.45) is 0 Å². The number of nitrogens with zero attached hydrogens (tertiary/aromatic N) is 2. The molecule has 0 aliphatic carbocycles. The number of hydrogen-bond acceptors (Lipinski definition) is 5. The van der Waals surface area contributed by atoms with Crippen LogP contribution in [0.2, 0.25) is 0 Å². The van der Waals surface area contributed by atoms with E-state index in [2.05, 4.69) is 59.4 Å². The number of anilines is 1. The molecule has 1 aliphatic rings. The summed E-state index contributed by atoms with van der Waals surface area (Å²) < 4.78 is 10.8. The van der Waals surface area contributed by atoms with Crippen molar-refractivity contribution in [1.29, 1.82) is 0 Å². The van der Waals surface area contributed by atoms with E-state index >= 15 is 0 Å². The number of hydrogen-bond donors (Lipinski definition) is 1. The largest absolute Gasteiger partial charge is 0.366 e. The number of rotatable bonds is 12. The van der Waals surface area contributed by atoms with E-state index in [9.17, 15) is 4.79 Å². The Kier molecular flexibility index (Phi) is 9.53. The molecule has 174 valence electrons. The highest BCUT2D eigenvalue weighted by atomic mass is 16.7. The second-order valence-corrected chi connectivity index (χ2v) is 8.44. The van der Waals surface area contributed by atoms with Gasteiger partial charge in [0.05, 0.1) is 12.1 Å². The molecule has 32 heavy (non-hydrogen) atoms. The van der Waals surface area contributed by atoms with Crippen molar-refractivity contribution in [1.82, 2.24) is 10.2 Å². The average Bonchev–Trinajstić information content (AvgIpc) is 3.29. The number of likely N-dealkylation sites (N-methyl/N-ethyl adjacent to an activating group) is 1. The number of likely N-dealkylation sites (tertiary alicyclic amines) is 1. The van der Waals surface area contributed by atoms with Crippen LogP contribution in [-0.4, -0.2) is 64.0 Å². The Morgan fingerprint density at radius 3 is 2.62 bits per heavy atom. The summed E-state index contributed by atoms with van der Waals surface area (Å²) in [5, 5.41) is 2.98. The molecular formula is C26H37N3O3. The normalized spacial score (nSPS) is 17.3. The van der Waals surface area contributed by atoms with Gasteiger partial charge in [-0.2, -0.15) is 0 Å². The van der Waals surface area contributed by atoms with Crippen LogP contribution in [0.3, 0.4) is 0 Å². The lowest BCUT2D eigenvalue weighted by molar-refractivity contribution is -0.0671. The zero-order valence-electron chi connectivity index (χ0n) is 19.6. The zero-order valence-corrected chi connectivity index (χ0v) is 19.6. The topological polar surface area (TPSA) is 54.0 Å². The minimum atomic E-state index is -0.00794. The van der Waals surface area contributed by atoms with Crippen LogP contribution in [0.5, 0.6) is 0 Å². The van der Waals surface area contributed by atoms with Gasteiger partial charge in [0.25, 0.3) is 5.91 Å². The molecule has 0 spiro atoms. The first-order valence-electron chi connectivity index (χ1n) is 11.6. The van der Waals surface area contributed by atoms with E-state index < -0.39 is 0 Å². The molecule has 1 heterocycles. The monoisotopic (exact) mass is 439 g/mol. The van der Waals surface area contributed by atoms with Gasteiger partial charge in [-0.15, -0.1) is 0 Å². The number of carbonyl (C=O) groups is 1. The van der Waals surface area contributed by atoms with Crippen LogP contribution >= 0.6 is 0 Å². The second kappa shape index (κ2) is 12.6. The predicted octanol–water partition coefficient (Wildman–Crippen LogP) is 4.09. The fraction of sp³-hybridized carbons (Fsp3) is 0.500. The molecule has 0 saturated carbocycles. The lowest BCUT2D eigenvalue weighted by atomic mass is 10.0. The van der Waals surface area contributed by atoms with Crippen molar-refractivity contribution < 1.29 is 14.3 Å². The number of nitrogens with one attached hydrogen (secondary N) is 1. The zero-order chi connectivity index (χ0) is 22.8. The fourth-order valence-electron chi connectivity index (χ4n) is 4.14. The quantitative estimate of drug-likeness (QED) is 0.399. The van der Waals surface area contributed by atoms with E-state index in [1.54, 1.807) is 7.11 Å². The molecular weight excluding hydrogens is 402 g/mol. The molecule has 6 heteroatoms. The Hall–Kier alpha value is -2.41. The van der Waals surface area contributed by atoms with Crippen LogP contribution in [0.15, 0.2) is 54.6 Å². The maximum atomic E-state index is 12.3. The van der Waals surface area contributed by atoms with Crippen molar-refractivity contribution in [3.8, 4) is 0 Å². The van der Waals surface area contributed by atoms with Crippen molar-refractivity contribution in [3.05, 3.63) is 65.7 Å². The van der Waals surface area contributed by atoms with Gasteiger partial charge in [0.2, 0.25) is 0 Å². The van der Waals surface area contributed by atoms with E-state index in [4.69, 9.17) is 9.47 Å². The fourth-order valence-corrected chi connectivity index (χ4v) is 4.14. The summed E-state index contributed by atoms with van der Waals surface area (Å²) in [6.45, 7) is 6.03.